The van der Waals surface area contributed by atoms with Crippen molar-refractivity contribution >= 4 is 5.78 Å². The summed E-state index contributed by atoms with van der Waals surface area (Å²) in [7, 11) is 0. The van der Waals surface area contributed by atoms with Gasteiger partial charge in [0.05, 0.1) is 0 Å². The molecule has 2 atom stereocenters. The van der Waals surface area contributed by atoms with E-state index in [1.165, 1.54) is 11.1 Å². The van der Waals surface area contributed by atoms with E-state index in [0.29, 0.717) is 11.5 Å². The molecule has 0 saturated heterocycles. The first kappa shape index (κ1) is 15.2. The molecule has 0 aliphatic rings. The Hall–Kier alpha value is -2.15. The van der Waals surface area contributed by atoms with Crippen LogP contribution in [0.25, 0.3) is 0 Å². The van der Waals surface area contributed by atoms with E-state index in [4.69, 9.17) is 0 Å². The van der Waals surface area contributed by atoms with Gasteiger partial charge in [-0.25, -0.2) is 0 Å². The quantitative estimate of drug-likeness (QED) is 0.696. The molecule has 0 bridgehead atoms. The van der Waals surface area contributed by atoms with Crippen LogP contribution in [0.1, 0.15) is 49.3 Å². The van der Waals surface area contributed by atoms with Crippen molar-refractivity contribution in [2.45, 2.75) is 32.6 Å². The van der Waals surface area contributed by atoms with Gasteiger partial charge in [0.15, 0.2) is 5.78 Å². The number of allylic oxidation sites excluding steroid dienone is 1. The fraction of sp³-hybridized carbons (Fsp3) is 0.250. The summed E-state index contributed by atoms with van der Waals surface area (Å²) in [5, 5.41) is 0. The Morgan fingerprint density at radius 2 is 1.48 bits per heavy atom. The molecule has 0 spiro atoms. The second-order valence-electron chi connectivity index (χ2n) is 5.67. The van der Waals surface area contributed by atoms with Crippen LogP contribution in [0.4, 0.5) is 0 Å². The van der Waals surface area contributed by atoms with Crippen LogP contribution < -0.4 is 0 Å². The van der Waals surface area contributed by atoms with Crippen LogP contribution in [0.5, 0.6) is 0 Å². The second-order valence-corrected chi connectivity index (χ2v) is 5.67. The van der Waals surface area contributed by atoms with Gasteiger partial charge in [0.25, 0.3) is 0 Å². The Morgan fingerprint density at radius 3 is 2.10 bits per heavy atom. The van der Waals surface area contributed by atoms with Gasteiger partial charge in [-0.05, 0) is 29.2 Å². The molecule has 0 fully saturated rings. The Kier molecular flexibility index (Phi) is 4.74. The van der Waals surface area contributed by atoms with E-state index in [1.54, 1.807) is 6.92 Å². The second kappa shape index (κ2) is 6.53. The van der Waals surface area contributed by atoms with Gasteiger partial charge in [0.2, 0.25) is 0 Å². The van der Waals surface area contributed by atoms with Gasteiger partial charge in [-0.1, -0.05) is 75.0 Å². The lowest BCUT2D eigenvalue weighted by molar-refractivity contribution is -0.116. The maximum absolute atomic E-state index is 12.1. The Morgan fingerprint density at radius 1 is 0.905 bits per heavy atom. The summed E-state index contributed by atoms with van der Waals surface area (Å²) in [5.41, 5.74) is 4.20. The molecule has 0 aromatic heterocycles. The SMILES string of the molecule is C=C(C)C(=O)C(C)c1cccc(C(C)c2ccccc2)c1. The molecule has 2 aromatic carbocycles. The average Bonchev–Trinajstić information content (AvgIpc) is 2.53. The van der Waals surface area contributed by atoms with Gasteiger partial charge in [0, 0.05) is 11.8 Å². The van der Waals surface area contributed by atoms with E-state index in [-0.39, 0.29) is 11.7 Å². The van der Waals surface area contributed by atoms with Crippen LogP contribution in [0.15, 0.2) is 66.7 Å². The zero-order valence-electron chi connectivity index (χ0n) is 13.0. The number of Topliss-reactive ketones (excluding diaryl/α,β-unsaturated/α-hetero) is 1. The largest absolute Gasteiger partial charge is 0.294 e. The molecule has 2 rings (SSSR count). The Balaban J connectivity index is 2.30. The first-order valence-corrected chi connectivity index (χ1v) is 7.35. The van der Waals surface area contributed by atoms with Gasteiger partial charge < -0.3 is 0 Å². The van der Waals surface area contributed by atoms with E-state index in [9.17, 15) is 4.79 Å². The summed E-state index contributed by atoms with van der Waals surface area (Å²) in [5.74, 6) is 0.295. The van der Waals surface area contributed by atoms with Gasteiger partial charge in [-0.15, -0.1) is 0 Å². The minimum atomic E-state index is -0.134. The molecule has 0 saturated carbocycles. The predicted molar refractivity (Wildman–Crippen MR) is 88.6 cm³/mol. The van der Waals surface area contributed by atoms with E-state index in [0.717, 1.165) is 5.56 Å². The first-order valence-electron chi connectivity index (χ1n) is 7.35. The van der Waals surface area contributed by atoms with Crippen molar-refractivity contribution in [2.75, 3.05) is 0 Å². The molecular weight excluding hydrogens is 256 g/mol. The number of carbonyl (C=O) groups is 1. The highest BCUT2D eigenvalue weighted by molar-refractivity contribution is 5.99. The molecule has 0 amide bonds. The summed E-state index contributed by atoms with van der Waals surface area (Å²) in [4.78, 5) is 12.1. The van der Waals surface area contributed by atoms with Crippen molar-refractivity contribution in [3.8, 4) is 0 Å². The third kappa shape index (κ3) is 3.49. The standard InChI is InChI=1S/C20H22O/c1-14(2)20(21)16(4)19-12-8-11-18(13-19)15(3)17-9-6-5-7-10-17/h5-13,15-16H,1H2,2-4H3. The zero-order valence-corrected chi connectivity index (χ0v) is 13.0. The molecule has 0 heterocycles. The minimum absolute atomic E-state index is 0.111. The molecule has 0 radical (unpaired) electrons. The number of hydrogen-bond acceptors (Lipinski definition) is 1. The Bertz CT molecular complexity index is 640. The fourth-order valence-corrected chi connectivity index (χ4v) is 2.55. The topological polar surface area (TPSA) is 17.1 Å². The molecule has 1 nitrogen and oxygen atoms in total. The zero-order chi connectivity index (χ0) is 15.4. The van der Waals surface area contributed by atoms with E-state index >= 15 is 0 Å². The smallest absolute Gasteiger partial charge is 0.165 e. The lowest BCUT2D eigenvalue weighted by atomic mass is 9.87. The maximum atomic E-state index is 12.1. The van der Waals surface area contributed by atoms with Crippen LogP contribution in [0, 0.1) is 0 Å². The summed E-state index contributed by atoms with van der Waals surface area (Å²) < 4.78 is 0. The average molecular weight is 278 g/mol. The highest BCUT2D eigenvalue weighted by Crippen LogP contribution is 2.27. The van der Waals surface area contributed by atoms with Crippen molar-refractivity contribution in [3.05, 3.63) is 83.4 Å². The predicted octanol–water partition coefficient (Wildman–Crippen LogP) is 5.09. The van der Waals surface area contributed by atoms with Crippen molar-refractivity contribution in [2.24, 2.45) is 0 Å². The molecule has 21 heavy (non-hydrogen) atoms. The van der Waals surface area contributed by atoms with Crippen LogP contribution in [0.3, 0.4) is 0 Å². The minimum Gasteiger partial charge on any atom is -0.294 e. The summed E-state index contributed by atoms with van der Waals surface area (Å²) >= 11 is 0. The monoisotopic (exact) mass is 278 g/mol. The molecule has 0 aliphatic heterocycles. The maximum Gasteiger partial charge on any atom is 0.165 e. The van der Waals surface area contributed by atoms with E-state index in [2.05, 4.69) is 49.9 Å². The number of ketones is 1. The molecule has 108 valence electrons. The molecular formula is C20H22O. The summed E-state index contributed by atoms with van der Waals surface area (Å²) in [6, 6.07) is 18.7. The van der Waals surface area contributed by atoms with Crippen LogP contribution in [0.2, 0.25) is 0 Å². The lowest BCUT2D eigenvalue weighted by Gasteiger charge is -2.16. The normalized spacial score (nSPS) is 13.5. The number of rotatable bonds is 5. The Labute approximate surface area is 127 Å². The fourth-order valence-electron chi connectivity index (χ4n) is 2.55. The van der Waals surface area contributed by atoms with Crippen LogP contribution in [-0.2, 0) is 4.79 Å². The highest BCUT2D eigenvalue weighted by atomic mass is 16.1. The van der Waals surface area contributed by atoms with Crippen molar-refractivity contribution in [1.29, 1.82) is 0 Å². The molecule has 2 unspecified atom stereocenters. The van der Waals surface area contributed by atoms with Crippen molar-refractivity contribution in [1.82, 2.24) is 0 Å². The number of hydrogen-bond donors (Lipinski definition) is 0. The third-order valence-corrected chi connectivity index (χ3v) is 4.02. The summed E-state index contributed by atoms with van der Waals surface area (Å²) in [6.07, 6.45) is 0. The highest BCUT2D eigenvalue weighted by Gasteiger charge is 2.17. The number of carbonyl (C=O) groups excluding carboxylic acids is 1. The van der Waals surface area contributed by atoms with E-state index < -0.39 is 0 Å². The first-order chi connectivity index (χ1) is 10.0. The van der Waals surface area contributed by atoms with Gasteiger partial charge in [0.1, 0.15) is 0 Å². The molecule has 0 N–H and O–H groups in total. The van der Waals surface area contributed by atoms with Crippen LogP contribution >= 0.6 is 0 Å². The van der Waals surface area contributed by atoms with E-state index in [1.807, 2.05) is 25.1 Å². The number of benzene rings is 2. The van der Waals surface area contributed by atoms with Crippen molar-refractivity contribution in [3.63, 3.8) is 0 Å². The van der Waals surface area contributed by atoms with Gasteiger partial charge >= 0.3 is 0 Å². The molecule has 2 aromatic rings. The lowest BCUT2D eigenvalue weighted by Crippen LogP contribution is -2.10. The van der Waals surface area contributed by atoms with Crippen molar-refractivity contribution < 1.29 is 4.79 Å². The molecule has 0 aliphatic carbocycles. The summed E-state index contributed by atoms with van der Waals surface area (Å²) in [6.45, 7) is 9.67. The van der Waals surface area contributed by atoms with Gasteiger partial charge in [-0.2, -0.15) is 0 Å². The molecule has 1 heteroatoms. The van der Waals surface area contributed by atoms with Gasteiger partial charge in [-0.3, -0.25) is 4.79 Å². The third-order valence-electron chi connectivity index (χ3n) is 4.02. The van der Waals surface area contributed by atoms with Crippen LogP contribution in [-0.4, -0.2) is 5.78 Å².